The minimum atomic E-state index is 0.0379. The van der Waals surface area contributed by atoms with Crippen molar-refractivity contribution in [1.82, 2.24) is 5.32 Å². The van der Waals surface area contributed by atoms with Crippen molar-refractivity contribution >= 4 is 33.1 Å². The van der Waals surface area contributed by atoms with Gasteiger partial charge in [0.15, 0.2) is 5.84 Å². The van der Waals surface area contributed by atoms with E-state index in [4.69, 9.17) is 15.7 Å². The number of halogens is 1. The highest BCUT2D eigenvalue weighted by atomic mass is 79.9. The van der Waals surface area contributed by atoms with E-state index in [1.165, 1.54) is 4.88 Å². The van der Waals surface area contributed by atoms with E-state index in [0.29, 0.717) is 17.9 Å². The summed E-state index contributed by atoms with van der Waals surface area (Å²) in [5.41, 5.74) is 7.27. The van der Waals surface area contributed by atoms with Crippen LogP contribution in [0.15, 0.2) is 39.3 Å². The number of rotatable bonds is 6. The Morgan fingerprint density at radius 1 is 1.38 bits per heavy atom. The number of oxime groups is 1. The molecule has 21 heavy (non-hydrogen) atoms. The third kappa shape index (κ3) is 4.20. The number of hydrogen-bond donors (Lipinski definition) is 3. The van der Waals surface area contributed by atoms with Gasteiger partial charge in [-0.25, -0.2) is 0 Å². The minimum absolute atomic E-state index is 0.0379. The molecule has 0 fully saturated rings. The Labute approximate surface area is 135 Å². The fraction of sp³-hybridized carbons (Fsp3) is 0.214. The van der Waals surface area contributed by atoms with E-state index >= 15 is 0 Å². The topological polar surface area (TPSA) is 79.9 Å². The molecule has 1 aromatic heterocycles. The molecule has 2 rings (SSSR count). The molecule has 0 saturated heterocycles. The fourth-order valence-electron chi connectivity index (χ4n) is 1.90. The summed E-state index contributed by atoms with van der Waals surface area (Å²) in [6.45, 7) is 1.48. The van der Waals surface area contributed by atoms with E-state index < -0.39 is 0 Å². The Balaban J connectivity index is 2.03. The average molecular weight is 370 g/mol. The van der Waals surface area contributed by atoms with Gasteiger partial charge >= 0.3 is 0 Å². The van der Waals surface area contributed by atoms with Gasteiger partial charge < -0.3 is 21.0 Å². The van der Waals surface area contributed by atoms with Crippen molar-refractivity contribution in [3.8, 4) is 5.75 Å². The van der Waals surface area contributed by atoms with E-state index in [0.717, 1.165) is 15.9 Å². The second kappa shape index (κ2) is 7.44. The highest BCUT2D eigenvalue weighted by Crippen LogP contribution is 2.22. The number of benzene rings is 1. The summed E-state index contributed by atoms with van der Waals surface area (Å²) >= 11 is 5.15. The number of nitrogens with zero attached hydrogens (tertiary/aromatic N) is 1. The van der Waals surface area contributed by atoms with Crippen molar-refractivity contribution in [2.75, 3.05) is 7.11 Å². The monoisotopic (exact) mass is 369 g/mol. The molecular formula is C14H16BrN3O2S. The van der Waals surface area contributed by atoms with Crippen LogP contribution in [-0.4, -0.2) is 18.2 Å². The SMILES string of the molecule is COc1ccc(CNCc2ccc(Br)s2)cc1C(N)=NO. The molecule has 1 aromatic carbocycles. The van der Waals surface area contributed by atoms with Gasteiger partial charge in [0.05, 0.1) is 16.5 Å². The first kappa shape index (κ1) is 15.8. The number of nitrogens with one attached hydrogen (secondary N) is 1. The maximum atomic E-state index is 8.81. The molecule has 1 heterocycles. The summed E-state index contributed by atoms with van der Waals surface area (Å²) in [7, 11) is 1.55. The zero-order chi connectivity index (χ0) is 15.2. The predicted molar refractivity (Wildman–Crippen MR) is 88.1 cm³/mol. The van der Waals surface area contributed by atoms with Crippen LogP contribution in [0, 0.1) is 0 Å². The van der Waals surface area contributed by atoms with Gasteiger partial charge in [0.1, 0.15) is 5.75 Å². The molecule has 0 saturated carbocycles. The number of methoxy groups -OCH3 is 1. The minimum Gasteiger partial charge on any atom is -0.496 e. The average Bonchev–Trinajstić information content (AvgIpc) is 2.91. The molecule has 7 heteroatoms. The lowest BCUT2D eigenvalue weighted by atomic mass is 10.1. The molecule has 0 aliphatic heterocycles. The summed E-state index contributed by atoms with van der Waals surface area (Å²) in [4.78, 5) is 1.26. The lowest BCUT2D eigenvalue weighted by Crippen LogP contribution is -2.16. The third-order valence-corrected chi connectivity index (χ3v) is 4.53. The van der Waals surface area contributed by atoms with E-state index in [1.54, 1.807) is 18.4 Å². The van der Waals surface area contributed by atoms with Gasteiger partial charge in [-0.1, -0.05) is 11.2 Å². The zero-order valence-corrected chi connectivity index (χ0v) is 13.9. The Kier molecular flexibility index (Phi) is 5.60. The van der Waals surface area contributed by atoms with E-state index in [9.17, 15) is 0 Å². The second-order valence-electron chi connectivity index (χ2n) is 4.33. The van der Waals surface area contributed by atoms with Crippen LogP contribution in [0.25, 0.3) is 0 Å². The molecule has 0 amide bonds. The molecular weight excluding hydrogens is 354 g/mol. The first-order valence-corrected chi connectivity index (χ1v) is 7.84. The summed E-state index contributed by atoms with van der Waals surface area (Å²) in [5.74, 6) is 0.618. The highest BCUT2D eigenvalue weighted by Gasteiger charge is 2.09. The number of hydrogen-bond acceptors (Lipinski definition) is 5. The summed E-state index contributed by atoms with van der Waals surface area (Å²) in [6, 6.07) is 9.73. The lowest BCUT2D eigenvalue weighted by molar-refractivity contribution is 0.318. The summed E-state index contributed by atoms with van der Waals surface area (Å²) in [5, 5.41) is 15.2. The maximum Gasteiger partial charge on any atom is 0.173 e. The molecule has 0 bridgehead atoms. The van der Waals surface area contributed by atoms with Crippen LogP contribution in [0.5, 0.6) is 5.75 Å². The van der Waals surface area contributed by atoms with Crippen LogP contribution in [0.1, 0.15) is 16.0 Å². The molecule has 4 N–H and O–H groups in total. The van der Waals surface area contributed by atoms with Crippen molar-refractivity contribution in [3.63, 3.8) is 0 Å². The molecule has 0 aliphatic rings. The molecule has 0 atom stereocenters. The van der Waals surface area contributed by atoms with Crippen molar-refractivity contribution < 1.29 is 9.94 Å². The first-order chi connectivity index (χ1) is 10.1. The van der Waals surface area contributed by atoms with Gasteiger partial charge in [-0.15, -0.1) is 11.3 Å². The number of ether oxygens (including phenoxy) is 1. The number of thiophene rings is 1. The van der Waals surface area contributed by atoms with Crippen LogP contribution in [0.3, 0.4) is 0 Å². The van der Waals surface area contributed by atoms with Crippen LogP contribution in [-0.2, 0) is 13.1 Å². The van der Waals surface area contributed by atoms with Gasteiger partial charge in [-0.2, -0.15) is 0 Å². The quantitative estimate of drug-likeness (QED) is 0.316. The second-order valence-corrected chi connectivity index (χ2v) is 6.88. The maximum absolute atomic E-state index is 8.81. The molecule has 0 aliphatic carbocycles. The Morgan fingerprint density at radius 3 is 2.81 bits per heavy atom. The smallest absolute Gasteiger partial charge is 0.173 e. The van der Waals surface area contributed by atoms with Gasteiger partial charge in [-0.3, -0.25) is 0 Å². The Hall–Kier alpha value is -1.57. The van der Waals surface area contributed by atoms with Crippen LogP contribution < -0.4 is 15.8 Å². The standard InChI is InChI=1S/C14H16BrN3O2S/c1-20-12-4-2-9(6-11(12)14(16)18-19)7-17-8-10-3-5-13(15)21-10/h2-6,17,19H,7-8H2,1H3,(H2,16,18). The molecule has 112 valence electrons. The van der Waals surface area contributed by atoms with Crippen molar-refractivity contribution in [2.24, 2.45) is 10.9 Å². The van der Waals surface area contributed by atoms with Gasteiger partial charge in [0.2, 0.25) is 0 Å². The summed E-state index contributed by atoms with van der Waals surface area (Å²) in [6.07, 6.45) is 0. The fourth-order valence-corrected chi connectivity index (χ4v) is 3.35. The van der Waals surface area contributed by atoms with E-state index in [1.807, 2.05) is 24.3 Å². The van der Waals surface area contributed by atoms with Gasteiger partial charge in [0.25, 0.3) is 0 Å². The number of nitrogens with two attached hydrogens (primary N) is 1. The van der Waals surface area contributed by atoms with Crippen LogP contribution >= 0.6 is 27.3 Å². The molecule has 5 nitrogen and oxygen atoms in total. The number of amidine groups is 1. The summed E-state index contributed by atoms with van der Waals surface area (Å²) < 4.78 is 6.33. The van der Waals surface area contributed by atoms with E-state index in [2.05, 4.69) is 32.5 Å². The molecule has 0 radical (unpaired) electrons. The van der Waals surface area contributed by atoms with Crippen molar-refractivity contribution in [2.45, 2.75) is 13.1 Å². The van der Waals surface area contributed by atoms with Crippen molar-refractivity contribution in [3.05, 3.63) is 50.1 Å². The zero-order valence-electron chi connectivity index (χ0n) is 11.5. The molecule has 2 aromatic rings. The Morgan fingerprint density at radius 2 is 2.19 bits per heavy atom. The first-order valence-electron chi connectivity index (χ1n) is 6.23. The van der Waals surface area contributed by atoms with Gasteiger partial charge in [-0.05, 0) is 45.8 Å². The third-order valence-electron chi connectivity index (χ3n) is 2.90. The molecule has 0 unspecified atom stereocenters. The van der Waals surface area contributed by atoms with Crippen molar-refractivity contribution in [1.29, 1.82) is 0 Å². The normalized spacial score (nSPS) is 11.6. The molecule has 0 spiro atoms. The lowest BCUT2D eigenvalue weighted by Gasteiger charge is -2.10. The van der Waals surface area contributed by atoms with E-state index in [-0.39, 0.29) is 5.84 Å². The highest BCUT2D eigenvalue weighted by molar-refractivity contribution is 9.11. The van der Waals surface area contributed by atoms with Crippen LogP contribution in [0.2, 0.25) is 0 Å². The predicted octanol–water partition coefficient (Wildman–Crippen LogP) is 2.90. The van der Waals surface area contributed by atoms with Crippen LogP contribution in [0.4, 0.5) is 0 Å². The van der Waals surface area contributed by atoms with Gasteiger partial charge in [0, 0.05) is 18.0 Å². The Bertz CT molecular complexity index is 643. The largest absolute Gasteiger partial charge is 0.496 e.